The summed E-state index contributed by atoms with van der Waals surface area (Å²) in [4.78, 5) is 0. The van der Waals surface area contributed by atoms with Crippen LogP contribution in [0.1, 0.15) is 30.1 Å². The predicted octanol–water partition coefficient (Wildman–Crippen LogP) is 2.09. The van der Waals surface area contributed by atoms with E-state index in [9.17, 15) is 5.11 Å². The topological polar surface area (TPSA) is 38.7 Å². The molecule has 1 N–H and O–H groups in total. The van der Waals surface area contributed by atoms with Gasteiger partial charge >= 0.3 is 0 Å². The van der Waals surface area contributed by atoms with Crippen LogP contribution in [-0.2, 0) is 15.9 Å². The van der Waals surface area contributed by atoms with Gasteiger partial charge in [-0.2, -0.15) is 0 Å². The largest absolute Gasteiger partial charge is 0.386 e. The van der Waals surface area contributed by atoms with Crippen molar-refractivity contribution in [2.45, 2.75) is 31.5 Å². The zero-order chi connectivity index (χ0) is 12.4. The summed E-state index contributed by atoms with van der Waals surface area (Å²) in [7, 11) is 0. The molecule has 18 heavy (non-hydrogen) atoms. The van der Waals surface area contributed by atoms with Crippen molar-refractivity contribution in [1.29, 1.82) is 0 Å². The second-order valence-electron chi connectivity index (χ2n) is 5.28. The number of aryl methyl sites for hydroxylation is 1. The standard InChI is InChI=1S/C15H20O3/c16-15-13-4-2-1-3-12(13)5-6-14(15)18-10-11-7-8-17-9-11/h1-4,11,14-16H,5-10H2. The Kier molecular flexibility index (Phi) is 3.64. The summed E-state index contributed by atoms with van der Waals surface area (Å²) >= 11 is 0. The summed E-state index contributed by atoms with van der Waals surface area (Å²) in [5, 5.41) is 10.3. The van der Waals surface area contributed by atoms with Gasteiger partial charge in [-0.05, 0) is 30.4 Å². The Morgan fingerprint density at radius 3 is 3.00 bits per heavy atom. The number of rotatable bonds is 3. The molecule has 1 aliphatic heterocycles. The van der Waals surface area contributed by atoms with Crippen molar-refractivity contribution in [3.63, 3.8) is 0 Å². The van der Waals surface area contributed by atoms with Crippen molar-refractivity contribution in [3.8, 4) is 0 Å². The molecule has 0 bridgehead atoms. The lowest BCUT2D eigenvalue weighted by Gasteiger charge is -2.30. The number of hydrogen-bond donors (Lipinski definition) is 1. The van der Waals surface area contributed by atoms with Crippen molar-refractivity contribution < 1.29 is 14.6 Å². The minimum Gasteiger partial charge on any atom is -0.386 e. The molecule has 1 saturated heterocycles. The van der Waals surface area contributed by atoms with Gasteiger partial charge < -0.3 is 14.6 Å². The number of fused-ring (bicyclic) bond motifs is 1. The van der Waals surface area contributed by atoms with E-state index in [2.05, 4.69) is 6.07 Å². The van der Waals surface area contributed by atoms with Crippen LogP contribution >= 0.6 is 0 Å². The first kappa shape index (κ1) is 12.2. The molecule has 1 fully saturated rings. The van der Waals surface area contributed by atoms with Crippen LogP contribution in [-0.4, -0.2) is 31.0 Å². The third-order valence-corrected chi connectivity index (χ3v) is 3.99. The van der Waals surface area contributed by atoms with Crippen LogP contribution in [0.3, 0.4) is 0 Å². The lowest BCUT2D eigenvalue weighted by Crippen LogP contribution is -2.30. The SMILES string of the molecule is OC1c2ccccc2CCC1OCC1CCOC1. The van der Waals surface area contributed by atoms with Crippen LogP contribution in [0.4, 0.5) is 0 Å². The Bertz CT molecular complexity index is 398. The molecule has 1 aromatic carbocycles. The van der Waals surface area contributed by atoms with E-state index in [0.717, 1.165) is 38.0 Å². The molecule has 0 aromatic heterocycles. The lowest BCUT2D eigenvalue weighted by atomic mass is 9.87. The summed E-state index contributed by atoms with van der Waals surface area (Å²) in [6.45, 7) is 2.37. The van der Waals surface area contributed by atoms with Gasteiger partial charge in [-0.15, -0.1) is 0 Å². The molecule has 3 nitrogen and oxygen atoms in total. The van der Waals surface area contributed by atoms with E-state index >= 15 is 0 Å². The fraction of sp³-hybridized carbons (Fsp3) is 0.600. The summed E-state index contributed by atoms with van der Waals surface area (Å²) in [6, 6.07) is 8.12. The van der Waals surface area contributed by atoms with Gasteiger partial charge in [0.2, 0.25) is 0 Å². The average molecular weight is 248 g/mol. The number of hydrogen-bond acceptors (Lipinski definition) is 3. The molecule has 3 heteroatoms. The van der Waals surface area contributed by atoms with Gasteiger partial charge in [0.15, 0.2) is 0 Å². The van der Waals surface area contributed by atoms with Crippen molar-refractivity contribution >= 4 is 0 Å². The van der Waals surface area contributed by atoms with E-state index in [4.69, 9.17) is 9.47 Å². The first-order chi connectivity index (χ1) is 8.84. The molecular formula is C15H20O3. The quantitative estimate of drug-likeness (QED) is 0.890. The van der Waals surface area contributed by atoms with Gasteiger partial charge in [0.25, 0.3) is 0 Å². The van der Waals surface area contributed by atoms with Gasteiger partial charge in [0.1, 0.15) is 6.10 Å². The van der Waals surface area contributed by atoms with Crippen molar-refractivity contribution in [1.82, 2.24) is 0 Å². The maximum atomic E-state index is 10.3. The summed E-state index contributed by atoms with van der Waals surface area (Å²) in [5.74, 6) is 0.509. The third-order valence-electron chi connectivity index (χ3n) is 3.99. The van der Waals surface area contributed by atoms with Crippen LogP contribution < -0.4 is 0 Å². The van der Waals surface area contributed by atoms with Gasteiger partial charge in [-0.3, -0.25) is 0 Å². The zero-order valence-corrected chi connectivity index (χ0v) is 10.5. The average Bonchev–Trinajstić information content (AvgIpc) is 2.91. The Morgan fingerprint density at radius 1 is 1.28 bits per heavy atom. The number of ether oxygens (including phenoxy) is 2. The van der Waals surface area contributed by atoms with E-state index in [1.807, 2.05) is 18.2 Å². The highest BCUT2D eigenvalue weighted by Crippen LogP contribution is 2.32. The Balaban J connectivity index is 1.61. The zero-order valence-electron chi connectivity index (χ0n) is 10.5. The molecule has 1 aromatic rings. The van der Waals surface area contributed by atoms with E-state index in [0.29, 0.717) is 12.5 Å². The lowest BCUT2D eigenvalue weighted by molar-refractivity contribution is -0.0601. The molecular weight excluding hydrogens is 228 g/mol. The number of aliphatic hydroxyl groups is 1. The molecule has 0 saturated carbocycles. The van der Waals surface area contributed by atoms with Crippen LogP contribution in [0.2, 0.25) is 0 Å². The highest BCUT2D eigenvalue weighted by molar-refractivity contribution is 5.32. The molecule has 1 aliphatic carbocycles. The minimum atomic E-state index is -0.475. The number of aliphatic hydroxyl groups excluding tert-OH is 1. The summed E-state index contributed by atoms with van der Waals surface area (Å²) < 4.78 is 11.2. The molecule has 98 valence electrons. The molecule has 0 amide bonds. The van der Waals surface area contributed by atoms with Gasteiger partial charge in [-0.1, -0.05) is 24.3 Å². The molecule has 1 heterocycles. The Hall–Kier alpha value is -0.900. The molecule has 0 radical (unpaired) electrons. The first-order valence-electron chi connectivity index (χ1n) is 6.80. The molecule has 3 unspecified atom stereocenters. The number of benzene rings is 1. The van der Waals surface area contributed by atoms with Crippen molar-refractivity contribution in [2.75, 3.05) is 19.8 Å². The van der Waals surface area contributed by atoms with Gasteiger partial charge in [0.05, 0.1) is 19.3 Å². The van der Waals surface area contributed by atoms with Crippen LogP contribution in [0.15, 0.2) is 24.3 Å². The fourth-order valence-electron chi connectivity index (χ4n) is 2.86. The monoisotopic (exact) mass is 248 g/mol. The maximum absolute atomic E-state index is 10.3. The highest BCUT2D eigenvalue weighted by atomic mass is 16.5. The maximum Gasteiger partial charge on any atom is 0.105 e. The van der Waals surface area contributed by atoms with E-state index in [-0.39, 0.29) is 6.10 Å². The Labute approximate surface area is 108 Å². The third kappa shape index (κ3) is 2.44. The molecule has 3 atom stereocenters. The van der Waals surface area contributed by atoms with Crippen LogP contribution in [0.25, 0.3) is 0 Å². The fourth-order valence-corrected chi connectivity index (χ4v) is 2.86. The van der Waals surface area contributed by atoms with Gasteiger partial charge in [0, 0.05) is 12.5 Å². The molecule has 2 aliphatic rings. The van der Waals surface area contributed by atoms with Crippen molar-refractivity contribution in [2.24, 2.45) is 5.92 Å². The smallest absolute Gasteiger partial charge is 0.105 e. The Morgan fingerprint density at radius 2 is 2.17 bits per heavy atom. The predicted molar refractivity (Wildman–Crippen MR) is 68.4 cm³/mol. The highest BCUT2D eigenvalue weighted by Gasteiger charge is 2.29. The van der Waals surface area contributed by atoms with E-state index in [1.54, 1.807) is 0 Å². The van der Waals surface area contributed by atoms with E-state index < -0.39 is 6.10 Å². The second-order valence-corrected chi connectivity index (χ2v) is 5.28. The van der Waals surface area contributed by atoms with Crippen LogP contribution in [0, 0.1) is 5.92 Å². The van der Waals surface area contributed by atoms with Crippen LogP contribution in [0.5, 0.6) is 0 Å². The minimum absolute atomic E-state index is 0.0551. The first-order valence-corrected chi connectivity index (χ1v) is 6.80. The second kappa shape index (κ2) is 5.39. The summed E-state index contributed by atoms with van der Waals surface area (Å²) in [6.07, 6.45) is 2.46. The molecule has 0 spiro atoms. The van der Waals surface area contributed by atoms with Gasteiger partial charge in [-0.25, -0.2) is 0 Å². The normalized spacial score (nSPS) is 31.3. The van der Waals surface area contributed by atoms with E-state index in [1.165, 1.54) is 5.56 Å². The van der Waals surface area contributed by atoms with Crippen molar-refractivity contribution in [3.05, 3.63) is 35.4 Å². The molecule has 3 rings (SSSR count). The summed E-state index contributed by atoms with van der Waals surface area (Å²) in [5.41, 5.74) is 2.30.